The Balaban J connectivity index is 1.37. The van der Waals surface area contributed by atoms with Crippen molar-refractivity contribution in [1.29, 1.82) is 0 Å². The number of benzene rings is 1. The predicted octanol–water partition coefficient (Wildman–Crippen LogP) is 1.93. The maximum absolute atomic E-state index is 5.88. The summed E-state index contributed by atoms with van der Waals surface area (Å²) in [6.07, 6.45) is 1.04. The standard InChI is InChI=1S/C17H25ClN6O/c1-2-7-24-17(19-20-21-24)14-23-10-8-22(9-11-23)12-13-25-16-5-3-15(18)4-6-16/h3-6H,2,7-14H2,1H3. The third-order valence-corrected chi connectivity index (χ3v) is 4.61. The minimum atomic E-state index is 0.691. The average Bonchev–Trinajstić information content (AvgIpc) is 3.05. The van der Waals surface area contributed by atoms with Crippen LogP contribution in [0.5, 0.6) is 5.75 Å². The van der Waals surface area contributed by atoms with Crippen LogP contribution in [0.1, 0.15) is 19.2 Å². The SMILES string of the molecule is CCCn1nnnc1CN1CCN(CCOc2ccc(Cl)cc2)CC1. The van der Waals surface area contributed by atoms with Gasteiger partial charge in [-0.3, -0.25) is 9.80 Å². The molecule has 1 fully saturated rings. The predicted molar refractivity (Wildman–Crippen MR) is 96.8 cm³/mol. The molecule has 0 spiro atoms. The Morgan fingerprint density at radius 3 is 2.48 bits per heavy atom. The van der Waals surface area contributed by atoms with Crippen LogP contribution >= 0.6 is 11.6 Å². The lowest BCUT2D eigenvalue weighted by Gasteiger charge is -2.34. The molecule has 1 saturated heterocycles. The molecule has 0 saturated carbocycles. The molecule has 0 N–H and O–H groups in total. The minimum absolute atomic E-state index is 0.691. The summed E-state index contributed by atoms with van der Waals surface area (Å²) in [6, 6.07) is 7.51. The lowest BCUT2D eigenvalue weighted by atomic mass is 10.3. The number of aryl methyl sites for hydroxylation is 1. The summed E-state index contributed by atoms with van der Waals surface area (Å²) in [4.78, 5) is 4.84. The van der Waals surface area contributed by atoms with Gasteiger partial charge in [-0.25, -0.2) is 4.68 Å². The van der Waals surface area contributed by atoms with E-state index in [4.69, 9.17) is 16.3 Å². The Morgan fingerprint density at radius 2 is 1.76 bits per heavy atom. The van der Waals surface area contributed by atoms with Crippen LogP contribution in [0.15, 0.2) is 24.3 Å². The van der Waals surface area contributed by atoms with Gasteiger partial charge in [-0.15, -0.1) is 5.10 Å². The molecule has 8 heteroatoms. The van der Waals surface area contributed by atoms with E-state index in [9.17, 15) is 0 Å². The first-order chi connectivity index (χ1) is 12.2. The summed E-state index contributed by atoms with van der Waals surface area (Å²) in [6.45, 7) is 9.60. The molecular weight excluding hydrogens is 340 g/mol. The summed E-state index contributed by atoms with van der Waals surface area (Å²) >= 11 is 5.88. The van der Waals surface area contributed by atoms with Crippen molar-refractivity contribution in [3.05, 3.63) is 35.1 Å². The van der Waals surface area contributed by atoms with Crippen molar-refractivity contribution in [2.75, 3.05) is 39.3 Å². The van der Waals surface area contributed by atoms with Crippen LogP contribution in [0.25, 0.3) is 0 Å². The van der Waals surface area contributed by atoms with Gasteiger partial charge < -0.3 is 4.74 Å². The first-order valence-electron chi connectivity index (χ1n) is 8.82. The molecule has 0 radical (unpaired) electrons. The van der Waals surface area contributed by atoms with Crippen LogP contribution in [-0.4, -0.2) is 69.3 Å². The van der Waals surface area contributed by atoms with E-state index in [1.807, 2.05) is 28.9 Å². The van der Waals surface area contributed by atoms with Gasteiger partial charge in [0, 0.05) is 44.3 Å². The summed E-state index contributed by atoms with van der Waals surface area (Å²) < 4.78 is 7.68. The maximum Gasteiger partial charge on any atom is 0.165 e. The number of ether oxygens (including phenoxy) is 1. The topological polar surface area (TPSA) is 59.3 Å². The van der Waals surface area contributed by atoms with Gasteiger partial charge in [-0.2, -0.15) is 0 Å². The molecule has 0 atom stereocenters. The monoisotopic (exact) mass is 364 g/mol. The second-order valence-corrected chi connectivity index (χ2v) is 6.67. The van der Waals surface area contributed by atoms with Crippen molar-refractivity contribution < 1.29 is 4.74 Å². The Bertz CT molecular complexity index is 639. The highest BCUT2D eigenvalue weighted by molar-refractivity contribution is 6.30. The van der Waals surface area contributed by atoms with Gasteiger partial charge in [0.1, 0.15) is 12.4 Å². The van der Waals surface area contributed by atoms with Crippen molar-refractivity contribution in [2.45, 2.75) is 26.4 Å². The van der Waals surface area contributed by atoms with Gasteiger partial charge in [0.15, 0.2) is 5.82 Å². The van der Waals surface area contributed by atoms with Gasteiger partial charge in [-0.1, -0.05) is 18.5 Å². The molecule has 7 nitrogen and oxygen atoms in total. The van der Waals surface area contributed by atoms with Gasteiger partial charge >= 0.3 is 0 Å². The van der Waals surface area contributed by atoms with Gasteiger partial charge in [0.25, 0.3) is 0 Å². The van der Waals surface area contributed by atoms with E-state index in [1.165, 1.54) is 0 Å². The molecule has 136 valence electrons. The highest BCUT2D eigenvalue weighted by Crippen LogP contribution is 2.15. The van der Waals surface area contributed by atoms with E-state index in [1.54, 1.807) is 0 Å². The first-order valence-corrected chi connectivity index (χ1v) is 9.20. The molecule has 1 aliphatic rings. The van der Waals surface area contributed by atoms with E-state index in [2.05, 4.69) is 32.2 Å². The number of aromatic nitrogens is 4. The van der Waals surface area contributed by atoms with Gasteiger partial charge in [-0.05, 0) is 41.1 Å². The molecule has 25 heavy (non-hydrogen) atoms. The normalized spacial score (nSPS) is 16.2. The van der Waals surface area contributed by atoms with E-state index in [-0.39, 0.29) is 0 Å². The first kappa shape index (κ1) is 18.1. The zero-order valence-corrected chi connectivity index (χ0v) is 15.4. The van der Waals surface area contributed by atoms with Gasteiger partial charge in [0.05, 0.1) is 6.54 Å². The molecule has 0 bridgehead atoms. The van der Waals surface area contributed by atoms with Crippen LogP contribution in [0.4, 0.5) is 0 Å². The molecule has 3 rings (SSSR count). The number of piperazine rings is 1. The highest BCUT2D eigenvalue weighted by atomic mass is 35.5. The largest absolute Gasteiger partial charge is 0.492 e. The summed E-state index contributed by atoms with van der Waals surface area (Å²) in [5.41, 5.74) is 0. The fourth-order valence-electron chi connectivity index (χ4n) is 2.92. The average molecular weight is 365 g/mol. The smallest absolute Gasteiger partial charge is 0.165 e. The van der Waals surface area contributed by atoms with Crippen LogP contribution in [0.2, 0.25) is 5.02 Å². The molecule has 1 aliphatic heterocycles. The van der Waals surface area contributed by atoms with Crippen molar-refractivity contribution in [3.63, 3.8) is 0 Å². The van der Waals surface area contributed by atoms with Crippen molar-refractivity contribution in [2.24, 2.45) is 0 Å². The molecular formula is C17H25ClN6O. The Kier molecular flexibility index (Phi) is 6.61. The minimum Gasteiger partial charge on any atom is -0.492 e. The molecule has 2 aromatic rings. The lowest BCUT2D eigenvalue weighted by Crippen LogP contribution is -2.47. The fraction of sp³-hybridized carbons (Fsp3) is 0.588. The quantitative estimate of drug-likeness (QED) is 0.713. The number of halogens is 1. The Morgan fingerprint density at radius 1 is 1.04 bits per heavy atom. The van der Waals surface area contributed by atoms with E-state index in [0.717, 1.165) is 68.8 Å². The zero-order valence-electron chi connectivity index (χ0n) is 14.6. The third-order valence-electron chi connectivity index (χ3n) is 4.36. The van der Waals surface area contributed by atoms with Crippen LogP contribution in [0.3, 0.4) is 0 Å². The van der Waals surface area contributed by atoms with Gasteiger partial charge in [0.2, 0.25) is 0 Å². The molecule has 1 aromatic heterocycles. The van der Waals surface area contributed by atoms with Crippen molar-refractivity contribution >= 4 is 11.6 Å². The van der Waals surface area contributed by atoms with E-state index < -0.39 is 0 Å². The molecule has 0 unspecified atom stereocenters. The van der Waals surface area contributed by atoms with Crippen LogP contribution in [0, 0.1) is 0 Å². The number of rotatable bonds is 8. The molecule has 0 aliphatic carbocycles. The number of nitrogens with zero attached hydrogens (tertiary/aromatic N) is 6. The maximum atomic E-state index is 5.88. The van der Waals surface area contributed by atoms with Crippen molar-refractivity contribution in [3.8, 4) is 5.75 Å². The third kappa shape index (κ3) is 5.39. The molecule has 2 heterocycles. The number of hydrogen-bond acceptors (Lipinski definition) is 6. The van der Waals surface area contributed by atoms with Crippen molar-refractivity contribution in [1.82, 2.24) is 30.0 Å². The molecule has 0 amide bonds. The summed E-state index contributed by atoms with van der Waals surface area (Å²) in [7, 11) is 0. The second-order valence-electron chi connectivity index (χ2n) is 6.24. The van der Waals surface area contributed by atoms with Crippen LogP contribution < -0.4 is 4.74 Å². The zero-order chi connectivity index (χ0) is 17.5. The summed E-state index contributed by atoms with van der Waals surface area (Å²) in [5.74, 6) is 1.83. The Hall–Kier alpha value is -1.70. The second kappa shape index (κ2) is 9.12. The highest BCUT2D eigenvalue weighted by Gasteiger charge is 2.19. The fourth-order valence-corrected chi connectivity index (χ4v) is 3.04. The lowest BCUT2D eigenvalue weighted by molar-refractivity contribution is 0.109. The van der Waals surface area contributed by atoms with E-state index >= 15 is 0 Å². The van der Waals surface area contributed by atoms with Crippen LogP contribution in [-0.2, 0) is 13.1 Å². The molecule has 1 aromatic carbocycles. The summed E-state index contributed by atoms with van der Waals surface area (Å²) in [5, 5.41) is 12.7. The number of hydrogen-bond donors (Lipinski definition) is 0. The Labute approximate surface area is 153 Å². The van der Waals surface area contributed by atoms with E-state index in [0.29, 0.717) is 6.61 Å². The number of tetrazole rings is 1.